The number of nitrogens with two attached hydrogens (primary N) is 1. The Hall–Kier alpha value is -1.39. The van der Waals surface area contributed by atoms with Gasteiger partial charge in [0.05, 0.1) is 16.6 Å². The van der Waals surface area contributed by atoms with Gasteiger partial charge >= 0.3 is 0 Å². The summed E-state index contributed by atoms with van der Waals surface area (Å²) < 4.78 is 2.20. The molecule has 3 N–H and O–H groups in total. The lowest BCUT2D eigenvalue weighted by Gasteiger charge is -2.24. The van der Waals surface area contributed by atoms with E-state index in [1.54, 1.807) is 0 Å². The van der Waals surface area contributed by atoms with E-state index in [0.717, 1.165) is 29.8 Å². The first-order valence-electron chi connectivity index (χ1n) is 7.00. The molecule has 2 rings (SSSR count). The van der Waals surface area contributed by atoms with Crippen LogP contribution in [-0.2, 0) is 13.0 Å². The first-order valence-corrected chi connectivity index (χ1v) is 7.00. The number of hydrogen-bond acceptors (Lipinski definition) is 3. The van der Waals surface area contributed by atoms with Crippen molar-refractivity contribution < 1.29 is 5.11 Å². The summed E-state index contributed by atoms with van der Waals surface area (Å²) in [6.45, 7) is 5.28. The Morgan fingerprint density at radius 1 is 1.32 bits per heavy atom. The third-order valence-corrected chi connectivity index (χ3v) is 3.71. The first kappa shape index (κ1) is 14.0. The van der Waals surface area contributed by atoms with E-state index in [1.807, 2.05) is 25.1 Å². The number of nitrogens with zero attached hydrogens (tertiary/aromatic N) is 2. The van der Waals surface area contributed by atoms with E-state index < -0.39 is 5.60 Å². The van der Waals surface area contributed by atoms with Crippen LogP contribution < -0.4 is 5.73 Å². The number of hydrogen-bond donors (Lipinski definition) is 2. The molecule has 1 heterocycles. The van der Waals surface area contributed by atoms with Crippen molar-refractivity contribution in [2.24, 2.45) is 5.73 Å². The van der Waals surface area contributed by atoms with Gasteiger partial charge in [0, 0.05) is 19.5 Å². The molecule has 2 aromatic rings. The molecule has 0 aliphatic rings. The second kappa shape index (κ2) is 5.72. The fraction of sp³-hybridized carbons (Fsp3) is 0.533. The third-order valence-electron chi connectivity index (χ3n) is 3.71. The van der Waals surface area contributed by atoms with Crippen molar-refractivity contribution >= 4 is 11.0 Å². The van der Waals surface area contributed by atoms with E-state index in [2.05, 4.69) is 22.5 Å². The zero-order chi connectivity index (χ0) is 13.9. The molecular formula is C15H23N3O. The lowest BCUT2D eigenvalue weighted by Crippen LogP contribution is -2.40. The van der Waals surface area contributed by atoms with Gasteiger partial charge in [0.1, 0.15) is 5.82 Å². The normalized spacial score (nSPS) is 14.7. The van der Waals surface area contributed by atoms with Crippen LogP contribution in [0.1, 0.15) is 32.5 Å². The Kier molecular flexibility index (Phi) is 4.22. The van der Waals surface area contributed by atoms with Crippen molar-refractivity contribution in [2.45, 2.75) is 45.3 Å². The van der Waals surface area contributed by atoms with Gasteiger partial charge < -0.3 is 15.4 Å². The summed E-state index contributed by atoms with van der Waals surface area (Å²) in [5.74, 6) is 0.929. The van der Waals surface area contributed by atoms with Crippen molar-refractivity contribution in [3.8, 4) is 0 Å². The van der Waals surface area contributed by atoms with Crippen molar-refractivity contribution in [2.75, 3.05) is 6.54 Å². The fourth-order valence-corrected chi connectivity index (χ4v) is 2.37. The SMILES string of the molecule is CCCn1c(CC(O)(CC)CN)nc2ccccc21. The summed E-state index contributed by atoms with van der Waals surface area (Å²) in [6.07, 6.45) is 2.19. The first-order chi connectivity index (χ1) is 9.13. The van der Waals surface area contributed by atoms with Crippen molar-refractivity contribution in [1.82, 2.24) is 9.55 Å². The molecule has 19 heavy (non-hydrogen) atoms. The van der Waals surface area contributed by atoms with Crippen LogP contribution in [0, 0.1) is 0 Å². The number of imidazole rings is 1. The lowest BCUT2D eigenvalue weighted by atomic mass is 9.96. The smallest absolute Gasteiger partial charge is 0.112 e. The molecule has 0 aliphatic carbocycles. The highest BCUT2D eigenvalue weighted by Gasteiger charge is 2.26. The second-order valence-corrected chi connectivity index (χ2v) is 5.13. The van der Waals surface area contributed by atoms with Gasteiger partial charge in [-0.2, -0.15) is 0 Å². The van der Waals surface area contributed by atoms with Crippen LogP contribution >= 0.6 is 0 Å². The highest BCUT2D eigenvalue weighted by molar-refractivity contribution is 5.75. The van der Waals surface area contributed by atoms with Gasteiger partial charge in [0.2, 0.25) is 0 Å². The van der Waals surface area contributed by atoms with Crippen LogP contribution in [0.25, 0.3) is 11.0 Å². The van der Waals surface area contributed by atoms with Gasteiger partial charge in [-0.3, -0.25) is 0 Å². The lowest BCUT2D eigenvalue weighted by molar-refractivity contribution is 0.0429. The predicted molar refractivity (Wildman–Crippen MR) is 78.0 cm³/mol. The predicted octanol–water partition coefficient (Wildman–Crippen LogP) is 2.09. The maximum Gasteiger partial charge on any atom is 0.112 e. The van der Waals surface area contributed by atoms with Crippen LogP contribution in [0.3, 0.4) is 0 Å². The van der Waals surface area contributed by atoms with Crippen LogP contribution in [0.4, 0.5) is 0 Å². The molecule has 1 aromatic carbocycles. The van der Waals surface area contributed by atoms with Gasteiger partial charge in [-0.25, -0.2) is 4.98 Å². The Morgan fingerprint density at radius 2 is 2.05 bits per heavy atom. The fourth-order valence-electron chi connectivity index (χ4n) is 2.37. The molecule has 0 saturated carbocycles. The standard InChI is InChI=1S/C15H23N3O/c1-3-9-18-13-8-6-5-7-12(13)17-14(18)10-15(19,4-2)11-16/h5-8,19H,3-4,9-11,16H2,1-2H3. The highest BCUT2D eigenvalue weighted by atomic mass is 16.3. The van der Waals surface area contributed by atoms with E-state index in [-0.39, 0.29) is 6.54 Å². The molecule has 0 saturated heterocycles. The average molecular weight is 261 g/mol. The molecule has 4 nitrogen and oxygen atoms in total. The molecule has 0 aliphatic heterocycles. The molecule has 0 radical (unpaired) electrons. The molecule has 0 amide bonds. The van der Waals surface area contributed by atoms with Gasteiger partial charge in [-0.15, -0.1) is 0 Å². The van der Waals surface area contributed by atoms with Crippen LogP contribution in [-0.4, -0.2) is 26.8 Å². The minimum atomic E-state index is -0.854. The van der Waals surface area contributed by atoms with Crippen molar-refractivity contribution in [3.63, 3.8) is 0 Å². The van der Waals surface area contributed by atoms with Gasteiger partial charge in [0.25, 0.3) is 0 Å². The Labute approximate surface area is 114 Å². The topological polar surface area (TPSA) is 64.1 Å². The van der Waals surface area contributed by atoms with E-state index in [9.17, 15) is 5.11 Å². The molecule has 1 aromatic heterocycles. The summed E-state index contributed by atoms with van der Waals surface area (Å²) in [6, 6.07) is 8.10. The zero-order valence-corrected chi connectivity index (χ0v) is 11.8. The van der Waals surface area contributed by atoms with Crippen LogP contribution in [0.2, 0.25) is 0 Å². The monoisotopic (exact) mass is 261 g/mol. The average Bonchev–Trinajstić information content (AvgIpc) is 2.77. The molecule has 0 spiro atoms. The number of aliphatic hydroxyl groups is 1. The van der Waals surface area contributed by atoms with Gasteiger partial charge in [-0.1, -0.05) is 26.0 Å². The summed E-state index contributed by atoms with van der Waals surface area (Å²) >= 11 is 0. The van der Waals surface area contributed by atoms with E-state index >= 15 is 0 Å². The summed E-state index contributed by atoms with van der Waals surface area (Å²) in [4.78, 5) is 4.66. The van der Waals surface area contributed by atoms with Crippen LogP contribution in [0.15, 0.2) is 24.3 Å². The maximum absolute atomic E-state index is 10.4. The quantitative estimate of drug-likeness (QED) is 0.837. The minimum Gasteiger partial charge on any atom is -0.388 e. The summed E-state index contributed by atoms with van der Waals surface area (Å²) in [7, 11) is 0. The molecular weight excluding hydrogens is 238 g/mol. The maximum atomic E-state index is 10.4. The Bertz CT molecular complexity index is 543. The van der Waals surface area contributed by atoms with Crippen molar-refractivity contribution in [1.29, 1.82) is 0 Å². The number of aryl methyl sites for hydroxylation is 1. The second-order valence-electron chi connectivity index (χ2n) is 5.13. The summed E-state index contributed by atoms with van der Waals surface area (Å²) in [5, 5.41) is 10.4. The largest absolute Gasteiger partial charge is 0.388 e. The minimum absolute atomic E-state index is 0.263. The third kappa shape index (κ3) is 2.80. The van der Waals surface area contributed by atoms with Gasteiger partial charge in [0.15, 0.2) is 0 Å². The number of aromatic nitrogens is 2. The Balaban J connectivity index is 2.44. The number of para-hydroxylation sites is 2. The highest BCUT2D eigenvalue weighted by Crippen LogP contribution is 2.21. The number of benzene rings is 1. The molecule has 1 unspecified atom stereocenters. The van der Waals surface area contributed by atoms with Crippen molar-refractivity contribution in [3.05, 3.63) is 30.1 Å². The molecule has 4 heteroatoms. The molecule has 1 atom stereocenters. The van der Waals surface area contributed by atoms with E-state index in [0.29, 0.717) is 12.8 Å². The number of rotatable bonds is 6. The molecule has 0 fully saturated rings. The molecule has 0 bridgehead atoms. The summed E-state index contributed by atoms with van der Waals surface area (Å²) in [5.41, 5.74) is 6.96. The molecule has 104 valence electrons. The van der Waals surface area contributed by atoms with E-state index in [4.69, 9.17) is 5.73 Å². The van der Waals surface area contributed by atoms with E-state index in [1.165, 1.54) is 0 Å². The number of fused-ring (bicyclic) bond motifs is 1. The zero-order valence-electron chi connectivity index (χ0n) is 11.8. The van der Waals surface area contributed by atoms with Gasteiger partial charge in [-0.05, 0) is 25.0 Å². The Morgan fingerprint density at radius 3 is 2.68 bits per heavy atom. The van der Waals surface area contributed by atoms with Crippen LogP contribution in [0.5, 0.6) is 0 Å².